The summed E-state index contributed by atoms with van der Waals surface area (Å²) < 4.78 is 41.1. The van der Waals surface area contributed by atoms with Crippen LogP contribution in [0.5, 0.6) is 0 Å². The van der Waals surface area contributed by atoms with E-state index in [0.717, 1.165) is 11.3 Å². The number of sulfone groups is 1. The Morgan fingerprint density at radius 2 is 1.87 bits per heavy atom. The molecule has 3 aromatic heterocycles. The van der Waals surface area contributed by atoms with Gasteiger partial charge < -0.3 is 10.4 Å². The van der Waals surface area contributed by atoms with Crippen molar-refractivity contribution in [3.8, 4) is 11.1 Å². The molecule has 0 radical (unpaired) electrons. The van der Waals surface area contributed by atoms with E-state index in [9.17, 15) is 22.7 Å². The highest BCUT2D eigenvalue weighted by atomic mass is 32.2. The minimum Gasteiger partial charge on any atom is -0.465 e. The van der Waals surface area contributed by atoms with Gasteiger partial charge in [-0.2, -0.15) is 4.39 Å². The Kier molecular flexibility index (Phi) is 6.42. The van der Waals surface area contributed by atoms with Gasteiger partial charge in [-0.25, -0.2) is 18.2 Å². The van der Waals surface area contributed by atoms with Crippen LogP contribution in [0.1, 0.15) is 25.6 Å². The van der Waals surface area contributed by atoms with Crippen molar-refractivity contribution in [2.45, 2.75) is 42.3 Å². The summed E-state index contributed by atoms with van der Waals surface area (Å²) in [5.41, 5.74) is -0.159. The van der Waals surface area contributed by atoms with Crippen molar-refractivity contribution in [1.82, 2.24) is 15.3 Å². The molecule has 0 fully saturated rings. The molecule has 10 heteroatoms. The van der Waals surface area contributed by atoms with E-state index in [2.05, 4.69) is 15.3 Å². The van der Waals surface area contributed by atoms with Gasteiger partial charge in [-0.1, -0.05) is 20.8 Å². The topological polar surface area (TPSA) is 109 Å². The first-order valence-corrected chi connectivity index (χ1v) is 11.7. The third-order valence-electron chi connectivity index (χ3n) is 4.75. The minimum atomic E-state index is -3.96. The number of thiophene rings is 1. The van der Waals surface area contributed by atoms with Gasteiger partial charge in [-0.3, -0.25) is 4.98 Å². The Morgan fingerprint density at radius 3 is 2.45 bits per heavy atom. The van der Waals surface area contributed by atoms with Gasteiger partial charge in [0.15, 0.2) is 0 Å². The van der Waals surface area contributed by atoms with Crippen molar-refractivity contribution < 1.29 is 22.7 Å². The second-order valence-corrected chi connectivity index (χ2v) is 11.3. The van der Waals surface area contributed by atoms with Crippen molar-refractivity contribution >= 4 is 27.3 Å². The second-order valence-electron chi connectivity index (χ2n) is 8.01. The highest BCUT2D eigenvalue weighted by Crippen LogP contribution is 2.40. The zero-order valence-corrected chi connectivity index (χ0v) is 18.8. The first-order chi connectivity index (χ1) is 14.5. The number of carbonyl (C=O) groups is 1. The fourth-order valence-electron chi connectivity index (χ4n) is 3.05. The van der Waals surface area contributed by atoms with Gasteiger partial charge in [-0.05, 0) is 35.7 Å². The number of nitrogens with one attached hydrogen (secondary N) is 1. The summed E-state index contributed by atoms with van der Waals surface area (Å²) in [7, 11) is -3.96. The average molecular weight is 464 g/mol. The third-order valence-corrected chi connectivity index (χ3v) is 8.21. The lowest BCUT2D eigenvalue weighted by Crippen LogP contribution is -2.44. The first kappa shape index (κ1) is 22.8. The lowest BCUT2D eigenvalue weighted by Gasteiger charge is -2.30. The Bertz CT molecular complexity index is 1190. The number of halogens is 1. The van der Waals surface area contributed by atoms with Crippen LogP contribution in [0, 0.1) is 11.4 Å². The Morgan fingerprint density at radius 1 is 1.19 bits per heavy atom. The fourth-order valence-corrected chi connectivity index (χ4v) is 6.19. The van der Waals surface area contributed by atoms with Gasteiger partial charge in [0, 0.05) is 47.1 Å². The second kappa shape index (κ2) is 8.72. The van der Waals surface area contributed by atoms with E-state index >= 15 is 0 Å². The molecule has 31 heavy (non-hydrogen) atoms. The molecule has 7 nitrogen and oxygen atoms in total. The van der Waals surface area contributed by atoms with Gasteiger partial charge in [0.05, 0.1) is 4.90 Å². The normalized spacial score (nSPS) is 13.0. The largest absolute Gasteiger partial charge is 0.465 e. The molecule has 0 aliphatic rings. The van der Waals surface area contributed by atoms with Gasteiger partial charge in [0.1, 0.15) is 4.21 Å². The molecule has 0 bridgehead atoms. The summed E-state index contributed by atoms with van der Waals surface area (Å²) in [4.78, 5) is 19.4. The molecule has 0 spiro atoms. The standard InChI is InChI=1S/C21H22FN3O4S2/c1-21(2,3)17(25-20(26)27)12-13-11-16(15-5-4-8-24-18(15)22)19(30-13)31(28,29)14-6-9-23-10-7-14/h4-11,17,25H,12H2,1-3H3,(H,26,27). The summed E-state index contributed by atoms with van der Waals surface area (Å²) in [6.45, 7) is 5.66. The van der Waals surface area contributed by atoms with Crippen LogP contribution in [0.3, 0.4) is 0 Å². The maximum atomic E-state index is 14.5. The molecule has 2 N–H and O–H groups in total. The van der Waals surface area contributed by atoms with E-state index in [1.165, 1.54) is 42.9 Å². The number of aromatic nitrogens is 2. The molecular weight excluding hydrogens is 441 g/mol. The van der Waals surface area contributed by atoms with E-state index in [-0.39, 0.29) is 26.7 Å². The predicted molar refractivity (Wildman–Crippen MR) is 115 cm³/mol. The summed E-state index contributed by atoms with van der Waals surface area (Å²) in [5.74, 6) is -0.783. The van der Waals surface area contributed by atoms with Gasteiger partial charge >= 0.3 is 6.09 Å². The third kappa shape index (κ3) is 5.08. The molecule has 0 aliphatic heterocycles. The summed E-state index contributed by atoms with van der Waals surface area (Å²) in [6.07, 6.45) is 3.12. The molecule has 1 atom stereocenters. The number of rotatable bonds is 6. The molecule has 0 aliphatic carbocycles. The monoisotopic (exact) mass is 463 g/mol. The quantitative estimate of drug-likeness (QED) is 0.525. The summed E-state index contributed by atoms with van der Waals surface area (Å²) >= 11 is 1.00. The zero-order valence-electron chi connectivity index (χ0n) is 17.2. The Balaban J connectivity index is 2.15. The van der Waals surface area contributed by atoms with Crippen molar-refractivity contribution in [2.24, 2.45) is 5.41 Å². The minimum absolute atomic E-state index is 0.0245. The maximum absolute atomic E-state index is 14.5. The number of amides is 1. The van der Waals surface area contributed by atoms with Crippen LogP contribution in [0.15, 0.2) is 58.0 Å². The number of carboxylic acid groups (broad SMARTS) is 1. The molecule has 3 rings (SSSR count). The molecular formula is C21H22FN3O4S2. The van der Waals surface area contributed by atoms with Crippen LogP contribution in [0.4, 0.5) is 9.18 Å². The predicted octanol–water partition coefficient (Wildman–Crippen LogP) is 4.40. The fraction of sp³-hybridized carbons (Fsp3) is 0.286. The highest BCUT2D eigenvalue weighted by molar-refractivity contribution is 7.93. The lowest BCUT2D eigenvalue weighted by molar-refractivity contribution is 0.174. The van der Waals surface area contributed by atoms with Crippen LogP contribution in [0.25, 0.3) is 11.1 Å². The van der Waals surface area contributed by atoms with E-state index in [4.69, 9.17) is 0 Å². The summed E-state index contributed by atoms with van der Waals surface area (Å²) in [6, 6.07) is 6.87. The van der Waals surface area contributed by atoms with Crippen LogP contribution >= 0.6 is 11.3 Å². The maximum Gasteiger partial charge on any atom is 0.404 e. The van der Waals surface area contributed by atoms with Crippen LogP contribution < -0.4 is 5.32 Å². The number of pyridine rings is 2. The van der Waals surface area contributed by atoms with Crippen molar-refractivity contribution in [2.75, 3.05) is 0 Å². The number of hydrogen-bond acceptors (Lipinski definition) is 6. The molecule has 3 heterocycles. The van der Waals surface area contributed by atoms with E-state index in [0.29, 0.717) is 4.88 Å². The Labute approximate surface area is 183 Å². The first-order valence-electron chi connectivity index (χ1n) is 9.38. The molecule has 0 aromatic carbocycles. The molecule has 3 aromatic rings. The lowest BCUT2D eigenvalue weighted by atomic mass is 9.84. The van der Waals surface area contributed by atoms with Crippen molar-refractivity contribution in [3.05, 3.63) is 59.7 Å². The molecule has 1 amide bonds. The molecule has 0 saturated heterocycles. The van der Waals surface area contributed by atoms with Crippen molar-refractivity contribution in [1.29, 1.82) is 0 Å². The SMILES string of the molecule is CC(C)(C)C(Cc1cc(-c2cccnc2F)c(S(=O)(=O)c2ccncc2)s1)NC(=O)O. The van der Waals surface area contributed by atoms with Crippen molar-refractivity contribution in [3.63, 3.8) is 0 Å². The smallest absolute Gasteiger partial charge is 0.404 e. The van der Waals surface area contributed by atoms with Gasteiger partial charge in [-0.15, -0.1) is 11.3 Å². The van der Waals surface area contributed by atoms with Crippen LogP contribution in [-0.4, -0.2) is 35.6 Å². The number of hydrogen-bond donors (Lipinski definition) is 2. The molecule has 0 saturated carbocycles. The average Bonchev–Trinajstić information content (AvgIpc) is 3.12. The zero-order chi connectivity index (χ0) is 22.8. The van der Waals surface area contributed by atoms with Crippen LogP contribution in [-0.2, 0) is 16.3 Å². The number of nitrogens with zero attached hydrogens (tertiary/aromatic N) is 2. The highest BCUT2D eigenvalue weighted by Gasteiger charge is 2.31. The van der Waals surface area contributed by atoms with E-state index < -0.39 is 33.3 Å². The van der Waals surface area contributed by atoms with Gasteiger partial charge in [0.25, 0.3) is 0 Å². The van der Waals surface area contributed by atoms with Gasteiger partial charge in [0.2, 0.25) is 15.8 Å². The summed E-state index contributed by atoms with van der Waals surface area (Å²) in [5, 5.41) is 11.7. The van der Waals surface area contributed by atoms with E-state index in [1.54, 1.807) is 6.07 Å². The van der Waals surface area contributed by atoms with Crippen LogP contribution in [0.2, 0.25) is 0 Å². The van der Waals surface area contributed by atoms with E-state index in [1.807, 2.05) is 20.8 Å². The molecule has 164 valence electrons. The molecule has 1 unspecified atom stereocenters. The Hall–Kier alpha value is -2.85.